The molecule has 1 aliphatic carbocycles. The van der Waals surface area contributed by atoms with Gasteiger partial charge in [-0.05, 0) is 115 Å². The fraction of sp³-hybridized carbons (Fsp3) is 0.431. The molecule has 3 saturated heterocycles. The number of aromatic amines is 2. The molecule has 4 fully saturated rings. The van der Waals surface area contributed by atoms with Gasteiger partial charge in [0, 0.05) is 94.4 Å². The molecule has 4 aromatic carbocycles. The van der Waals surface area contributed by atoms with Gasteiger partial charge in [0.25, 0.3) is 21.6 Å². The van der Waals surface area contributed by atoms with E-state index >= 15 is 0 Å². The molecule has 7 aromatic rings. The molecule has 0 radical (unpaired) electrons. The van der Waals surface area contributed by atoms with E-state index in [1.54, 1.807) is 19.4 Å². The second-order valence-electron chi connectivity index (χ2n) is 22.1. The summed E-state index contributed by atoms with van der Waals surface area (Å²) in [5.74, 6) is 0.979. The number of fused-ring (bicyclic) bond motifs is 3. The average Bonchev–Trinajstić information content (AvgIpc) is 4.26. The number of nitrogens with one attached hydrogen (secondary N) is 4. The summed E-state index contributed by atoms with van der Waals surface area (Å²) in [6, 6.07) is 28.6. The Kier molecular flexibility index (Phi) is 14.0. The average molecular weight is 1080 g/mol. The number of piperazine rings is 1. The maximum atomic E-state index is 14.7. The van der Waals surface area contributed by atoms with E-state index in [0.29, 0.717) is 61.2 Å². The van der Waals surface area contributed by atoms with Crippen LogP contribution in [0.25, 0.3) is 22.1 Å². The van der Waals surface area contributed by atoms with Gasteiger partial charge in [0.2, 0.25) is 5.88 Å². The van der Waals surface area contributed by atoms with Crippen LogP contribution in [0.4, 0.5) is 28.4 Å². The Hall–Kier alpha value is -7.26. The van der Waals surface area contributed by atoms with E-state index in [9.17, 15) is 23.3 Å². The molecule has 12 rings (SSSR count). The van der Waals surface area contributed by atoms with Crippen LogP contribution in [0.3, 0.4) is 0 Å². The Balaban J connectivity index is 0.792. The van der Waals surface area contributed by atoms with Gasteiger partial charge in [-0.25, -0.2) is 18.1 Å². The fourth-order valence-electron chi connectivity index (χ4n) is 12.9. The first-order valence-electron chi connectivity index (χ1n) is 27.3. The van der Waals surface area contributed by atoms with Crippen molar-refractivity contribution in [3.8, 4) is 11.6 Å². The van der Waals surface area contributed by atoms with Crippen LogP contribution in [0.2, 0.25) is 0 Å². The van der Waals surface area contributed by atoms with E-state index in [4.69, 9.17) is 19.2 Å². The van der Waals surface area contributed by atoms with E-state index in [-0.39, 0.29) is 46.3 Å². The van der Waals surface area contributed by atoms with Crippen molar-refractivity contribution < 1.29 is 32.3 Å². The lowest BCUT2D eigenvalue weighted by Crippen LogP contribution is -2.60. The Morgan fingerprint density at radius 3 is 2.50 bits per heavy atom. The number of sulfonamides is 1. The maximum absolute atomic E-state index is 14.7. The third-order valence-corrected chi connectivity index (χ3v) is 18.5. The van der Waals surface area contributed by atoms with E-state index in [1.165, 1.54) is 23.0 Å². The lowest BCUT2D eigenvalue weighted by atomic mass is 9.59. The van der Waals surface area contributed by atoms with E-state index in [2.05, 4.69) is 89.9 Å². The first-order valence-corrected chi connectivity index (χ1v) is 28.8. The first-order chi connectivity index (χ1) is 37.8. The van der Waals surface area contributed by atoms with Gasteiger partial charge in [-0.15, -0.1) is 0 Å². The number of nitro groups is 1. The summed E-state index contributed by atoms with van der Waals surface area (Å²) in [6.45, 7) is 12.4. The van der Waals surface area contributed by atoms with Crippen LogP contribution in [0, 0.1) is 21.4 Å². The minimum Gasteiger partial charge on any atom is -0.497 e. The van der Waals surface area contributed by atoms with Crippen molar-refractivity contribution in [1.82, 2.24) is 34.5 Å². The molecule has 78 heavy (non-hydrogen) atoms. The number of methoxy groups -OCH3 is 1. The van der Waals surface area contributed by atoms with Gasteiger partial charge in [-0.2, -0.15) is 4.98 Å². The molecule has 20 heteroatoms. The quantitative estimate of drug-likeness (QED) is 0.0556. The van der Waals surface area contributed by atoms with Crippen LogP contribution in [0.5, 0.6) is 11.6 Å². The zero-order valence-corrected chi connectivity index (χ0v) is 45.2. The highest BCUT2D eigenvalue weighted by molar-refractivity contribution is 7.90. The molecule has 1 spiro atoms. The number of nitro benzene ring substituents is 1. The molecular weight excluding hydrogens is 1010 g/mol. The standard InChI is InChI=1S/C58H67N11O8S/c1-37(2)44-6-4-5-7-45(44)50-35-65(34-39-8-11-43(75-3)12-9-39)22-23-67(50)42-31-58(32-42)17-20-66(21-18-58)41-10-13-46(47(29-41)68-24-27-77-57-49(68)28-40-14-19-59-55(40)63-57)56(70)64-78(73,74)51-30-48(69(71)72)52(54-53(51)61-36-62-54)60-33-38-15-25-76-26-16-38/h4-14,19,28-30,36-38,42,50,60H,15-18,20-27,31-35H2,1-3H3,(H,59,63)(H,61,62)(H,64,70). The van der Waals surface area contributed by atoms with Gasteiger partial charge in [0.1, 0.15) is 39.8 Å². The van der Waals surface area contributed by atoms with Crippen LogP contribution in [0.1, 0.15) is 91.4 Å². The SMILES string of the molecule is COc1ccc(CN2CCN(C3CC4(CCN(c5ccc(C(=O)NS(=O)(=O)c6cc([N+](=O)[O-])c(NCC7CCOCC7)c7[nH]cnc67)c(N6CCOc7nc8[nH]ccc8cc76)c5)CC4)C3)C(c3ccccc3C(C)C)C2)cc1. The van der Waals surface area contributed by atoms with Crippen LogP contribution in [-0.4, -0.2) is 128 Å². The highest BCUT2D eigenvalue weighted by Gasteiger charge is 2.50. The van der Waals surface area contributed by atoms with Gasteiger partial charge in [-0.3, -0.25) is 24.7 Å². The minimum atomic E-state index is -4.75. The molecule has 5 aliphatic rings. The number of carbonyl (C=O) groups excluding carboxylic acids is 1. The molecule has 1 saturated carbocycles. The van der Waals surface area contributed by atoms with Crippen LogP contribution in [0.15, 0.2) is 102 Å². The number of hydrogen-bond acceptors (Lipinski definition) is 15. The maximum Gasteiger partial charge on any atom is 0.296 e. The zero-order valence-electron chi connectivity index (χ0n) is 44.4. The van der Waals surface area contributed by atoms with Crippen molar-refractivity contribution in [3.05, 3.63) is 130 Å². The number of amides is 1. The van der Waals surface area contributed by atoms with Crippen molar-refractivity contribution in [2.75, 3.05) is 87.9 Å². The number of pyridine rings is 1. The Bertz CT molecular complexity index is 3470. The number of carbonyl (C=O) groups is 1. The summed E-state index contributed by atoms with van der Waals surface area (Å²) in [5.41, 5.74) is 6.94. The van der Waals surface area contributed by atoms with Gasteiger partial charge < -0.3 is 39.3 Å². The Labute approximate surface area is 453 Å². The molecule has 1 unspecified atom stereocenters. The smallest absolute Gasteiger partial charge is 0.296 e. The molecule has 4 aliphatic heterocycles. The molecule has 408 valence electrons. The normalized spacial score (nSPS) is 19.5. The second-order valence-corrected chi connectivity index (χ2v) is 23.8. The number of H-pyrrole nitrogens is 2. The van der Waals surface area contributed by atoms with Gasteiger partial charge in [-0.1, -0.05) is 50.2 Å². The van der Waals surface area contributed by atoms with Crippen LogP contribution < -0.4 is 29.3 Å². The second kappa shape index (κ2) is 21.2. The number of rotatable bonds is 15. The van der Waals surface area contributed by atoms with Crippen molar-refractivity contribution in [1.29, 1.82) is 0 Å². The molecular formula is C58H67N11O8S. The number of ether oxygens (including phenoxy) is 3. The third kappa shape index (κ3) is 9.98. The molecule has 1 atom stereocenters. The van der Waals surface area contributed by atoms with Crippen LogP contribution in [-0.2, 0) is 21.3 Å². The minimum absolute atomic E-state index is 0.0325. The summed E-state index contributed by atoms with van der Waals surface area (Å²) in [5, 5.41) is 16.6. The van der Waals surface area contributed by atoms with Crippen molar-refractivity contribution >= 4 is 66.4 Å². The number of imidazole rings is 1. The number of benzene rings is 4. The van der Waals surface area contributed by atoms with Crippen molar-refractivity contribution in [3.63, 3.8) is 0 Å². The number of nitrogens with zero attached hydrogens (tertiary/aromatic N) is 7. The Morgan fingerprint density at radius 2 is 1.73 bits per heavy atom. The predicted molar refractivity (Wildman–Crippen MR) is 300 cm³/mol. The van der Waals surface area contributed by atoms with E-state index in [1.807, 2.05) is 41.3 Å². The third-order valence-electron chi connectivity index (χ3n) is 17.2. The summed E-state index contributed by atoms with van der Waals surface area (Å²) in [4.78, 5) is 51.1. The molecule has 0 bridgehead atoms. The topological polar surface area (TPSA) is 216 Å². The fourth-order valence-corrected chi connectivity index (χ4v) is 14.0. The zero-order chi connectivity index (χ0) is 53.7. The number of hydrogen-bond donors (Lipinski definition) is 4. The first kappa shape index (κ1) is 51.5. The van der Waals surface area contributed by atoms with E-state index < -0.39 is 31.4 Å². The summed E-state index contributed by atoms with van der Waals surface area (Å²) >= 11 is 0. The van der Waals surface area contributed by atoms with Gasteiger partial charge in [0.05, 0.1) is 41.7 Å². The summed E-state index contributed by atoms with van der Waals surface area (Å²) < 4.78 is 48.2. The van der Waals surface area contributed by atoms with Crippen LogP contribution >= 0.6 is 0 Å². The summed E-state index contributed by atoms with van der Waals surface area (Å²) in [7, 11) is -3.04. The monoisotopic (exact) mass is 1080 g/mol. The molecule has 4 N–H and O–H groups in total. The molecule has 1 amide bonds. The lowest BCUT2D eigenvalue weighted by molar-refractivity contribution is -0.384. The molecule has 19 nitrogen and oxygen atoms in total. The highest BCUT2D eigenvalue weighted by Crippen LogP contribution is 2.54. The molecule has 3 aromatic heterocycles. The lowest BCUT2D eigenvalue weighted by Gasteiger charge is -2.58. The number of anilines is 4. The van der Waals surface area contributed by atoms with Gasteiger partial charge >= 0.3 is 0 Å². The Morgan fingerprint density at radius 1 is 0.936 bits per heavy atom. The number of aromatic nitrogens is 4. The van der Waals surface area contributed by atoms with Gasteiger partial charge in [0.15, 0.2) is 0 Å². The number of piperidine rings is 1. The largest absolute Gasteiger partial charge is 0.497 e. The predicted octanol–water partition coefficient (Wildman–Crippen LogP) is 9.28. The summed E-state index contributed by atoms with van der Waals surface area (Å²) in [6.07, 6.45) is 9.02. The van der Waals surface area contributed by atoms with Crippen molar-refractivity contribution in [2.24, 2.45) is 11.3 Å². The van der Waals surface area contributed by atoms with Crippen molar-refractivity contribution in [2.45, 2.75) is 81.8 Å². The molecule has 7 heterocycles. The van der Waals surface area contributed by atoms with E-state index in [0.717, 1.165) is 101 Å². The highest BCUT2D eigenvalue weighted by atomic mass is 32.2.